The molecule has 2 rings (SSSR count). The number of nitrogens with two attached hydrogens (primary N) is 1. The summed E-state index contributed by atoms with van der Waals surface area (Å²) in [5, 5.41) is 0. The van der Waals surface area contributed by atoms with Gasteiger partial charge in [0.05, 0.1) is 6.10 Å². The zero-order valence-corrected chi connectivity index (χ0v) is 10.8. The van der Waals surface area contributed by atoms with Gasteiger partial charge in [0.25, 0.3) is 0 Å². The van der Waals surface area contributed by atoms with Gasteiger partial charge in [-0.25, -0.2) is 0 Å². The van der Waals surface area contributed by atoms with Gasteiger partial charge in [-0.05, 0) is 31.0 Å². The highest BCUT2D eigenvalue weighted by Crippen LogP contribution is 2.30. The van der Waals surface area contributed by atoms with Crippen LogP contribution in [0.2, 0.25) is 0 Å². The van der Waals surface area contributed by atoms with E-state index >= 15 is 0 Å². The van der Waals surface area contributed by atoms with E-state index in [9.17, 15) is 0 Å². The Labute approximate surface area is 103 Å². The first kappa shape index (κ1) is 11.3. The lowest BCUT2D eigenvalue weighted by Crippen LogP contribution is -2.07. The van der Waals surface area contributed by atoms with Crippen molar-refractivity contribution < 1.29 is 4.74 Å². The summed E-state index contributed by atoms with van der Waals surface area (Å²) in [5.41, 5.74) is 6.74. The highest BCUT2D eigenvalue weighted by molar-refractivity contribution is 9.10. The average molecular weight is 288 g/mol. The van der Waals surface area contributed by atoms with Gasteiger partial charge in [-0.2, -0.15) is 0 Å². The number of ether oxygens (including phenoxy) is 1. The van der Waals surface area contributed by atoms with Crippen LogP contribution in [-0.4, -0.2) is 18.5 Å². The molecular weight excluding hydrogens is 274 g/mol. The van der Waals surface area contributed by atoms with E-state index in [1.54, 1.807) is 11.8 Å². The van der Waals surface area contributed by atoms with Crippen LogP contribution in [0.5, 0.6) is 0 Å². The molecule has 1 saturated heterocycles. The second-order valence-corrected chi connectivity index (χ2v) is 5.61. The number of benzene rings is 1. The fraction of sp³-hybridized carbons (Fsp3) is 0.455. The summed E-state index contributed by atoms with van der Waals surface area (Å²) in [6.45, 7) is 0.916. The minimum absolute atomic E-state index is 0.411. The number of thioether (sulfide) groups is 1. The van der Waals surface area contributed by atoms with Gasteiger partial charge in [-0.15, -0.1) is 11.8 Å². The second-order valence-electron chi connectivity index (χ2n) is 3.63. The predicted octanol–water partition coefficient (Wildman–Crippen LogP) is 3.30. The van der Waals surface area contributed by atoms with Crippen molar-refractivity contribution in [2.75, 3.05) is 18.1 Å². The van der Waals surface area contributed by atoms with Gasteiger partial charge in [0, 0.05) is 27.4 Å². The summed E-state index contributed by atoms with van der Waals surface area (Å²) in [4.78, 5) is 1.14. The molecule has 15 heavy (non-hydrogen) atoms. The Morgan fingerprint density at radius 2 is 2.40 bits per heavy atom. The smallest absolute Gasteiger partial charge is 0.0669 e. The molecule has 0 saturated carbocycles. The summed E-state index contributed by atoms with van der Waals surface area (Å²) in [6, 6.07) is 5.96. The third-order valence-electron chi connectivity index (χ3n) is 2.42. The lowest BCUT2D eigenvalue weighted by atomic mass is 10.3. The van der Waals surface area contributed by atoms with Crippen LogP contribution < -0.4 is 5.73 Å². The molecule has 1 aromatic carbocycles. The Morgan fingerprint density at radius 3 is 3.13 bits per heavy atom. The summed E-state index contributed by atoms with van der Waals surface area (Å²) in [7, 11) is 0. The van der Waals surface area contributed by atoms with Gasteiger partial charge >= 0.3 is 0 Å². The number of anilines is 1. The molecule has 2 N–H and O–H groups in total. The maximum absolute atomic E-state index is 5.89. The van der Waals surface area contributed by atoms with Crippen LogP contribution >= 0.6 is 27.7 Å². The molecule has 0 bridgehead atoms. The van der Waals surface area contributed by atoms with Crippen molar-refractivity contribution in [3.63, 3.8) is 0 Å². The van der Waals surface area contributed by atoms with E-state index in [4.69, 9.17) is 10.5 Å². The van der Waals surface area contributed by atoms with E-state index in [1.807, 2.05) is 12.1 Å². The molecule has 2 nitrogen and oxygen atoms in total. The minimum Gasteiger partial charge on any atom is -0.398 e. The van der Waals surface area contributed by atoms with E-state index < -0.39 is 0 Å². The van der Waals surface area contributed by atoms with Crippen LogP contribution in [0.1, 0.15) is 12.8 Å². The van der Waals surface area contributed by atoms with Crippen molar-refractivity contribution in [3.8, 4) is 0 Å². The molecule has 1 aromatic rings. The maximum Gasteiger partial charge on any atom is 0.0669 e. The standard InChI is InChI=1S/C11H14BrNOS/c12-8-3-4-10(13)11(6-8)15-7-9-2-1-5-14-9/h3-4,6,9H,1-2,5,7,13H2. The molecule has 1 heterocycles. The first-order valence-electron chi connectivity index (χ1n) is 5.05. The fourth-order valence-electron chi connectivity index (χ4n) is 1.59. The van der Waals surface area contributed by atoms with Gasteiger partial charge in [0.1, 0.15) is 0 Å². The van der Waals surface area contributed by atoms with Crippen molar-refractivity contribution in [2.24, 2.45) is 0 Å². The molecule has 4 heteroatoms. The van der Waals surface area contributed by atoms with E-state index in [0.29, 0.717) is 6.10 Å². The molecule has 0 radical (unpaired) electrons. The zero-order chi connectivity index (χ0) is 10.7. The Bertz CT molecular complexity index is 339. The fourth-order valence-corrected chi connectivity index (χ4v) is 3.18. The first-order valence-corrected chi connectivity index (χ1v) is 6.83. The average Bonchev–Trinajstić information content (AvgIpc) is 2.72. The zero-order valence-electron chi connectivity index (χ0n) is 8.41. The molecular formula is C11H14BrNOS. The summed E-state index contributed by atoms with van der Waals surface area (Å²) < 4.78 is 6.65. The third kappa shape index (κ3) is 3.13. The Morgan fingerprint density at radius 1 is 1.53 bits per heavy atom. The Balaban J connectivity index is 1.94. The maximum atomic E-state index is 5.89. The number of halogens is 1. The number of rotatable bonds is 3. The molecule has 1 aliphatic heterocycles. The van der Waals surface area contributed by atoms with Crippen LogP contribution in [0.4, 0.5) is 5.69 Å². The van der Waals surface area contributed by atoms with Gasteiger partial charge < -0.3 is 10.5 Å². The van der Waals surface area contributed by atoms with Crippen LogP contribution in [0.15, 0.2) is 27.6 Å². The van der Waals surface area contributed by atoms with Gasteiger partial charge in [-0.3, -0.25) is 0 Å². The van der Waals surface area contributed by atoms with E-state index in [1.165, 1.54) is 12.8 Å². The molecule has 0 aliphatic carbocycles. The van der Waals surface area contributed by atoms with E-state index in [0.717, 1.165) is 27.4 Å². The van der Waals surface area contributed by atoms with Crippen molar-refractivity contribution in [1.29, 1.82) is 0 Å². The summed E-state index contributed by atoms with van der Waals surface area (Å²) in [6.07, 6.45) is 2.79. The van der Waals surface area contributed by atoms with Crippen LogP contribution in [-0.2, 0) is 4.74 Å². The number of nitrogen functional groups attached to an aromatic ring is 1. The van der Waals surface area contributed by atoms with Crippen molar-refractivity contribution in [3.05, 3.63) is 22.7 Å². The van der Waals surface area contributed by atoms with E-state index in [-0.39, 0.29) is 0 Å². The number of hydrogen-bond acceptors (Lipinski definition) is 3. The van der Waals surface area contributed by atoms with Gasteiger partial charge in [-0.1, -0.05) is 15.9 Å². The van der Waals surface area contributed by atoms with Crippen LogP contribution in [0.25, 0.3) is 0 Å². The normalized spacial score (nSPS) is 20.7. The Kier molecular flexibility index (Phi) is 3.94. The van der Waals surface area contributed by atoms with Crippen LogP contribution in [0.3, 0.4) is 0 Å². The molecule has 1 fully saturated rings. The molecule has 0 amide bonds. The minimum atomic E-state index is 0.411. The third-order valence-corrected chi connectivity index (χ3v) is 4.12. The SMILES string of the molecule is Nc1ccc(Br)cc1SCC1CCCO1. The highest BCUT2D eigenvalue weighted by atomic mass is 79.9. The lowest BCUT2D eigenvalue weighted by Gasteiger charge is -2.10. The topological polar surface area (TPSA) is 35.2 Å². The molecule has 1 unspecified atom stereocenters. The number of hydrogen-bond donors (Lipinski definition) is 1. The largest absolute Gasteiger partial charge is 0.398 e. The van der Waals surface area contributed by atoms with Crippen molar-refractivity contribution >= 4 is 33.4 Å². The monoisotopic (exact) mass is 287 g/mol. The molecule has 82 valence electrons. The van der Waals surface area contributed by atoms with Crippen LogP contribution in [0, 0.1) is 0 Å². The predicted molar refractivity (Wildman–Crippen MR) is 68.3 cm³/mol. The van der Waals surface area contributed by atoms with Crippen molar-refractivity contribution in [1.82, 2.24) is 0 Å². The summed E-state index contributed by atoms with van der Waals surface area (Å²) >= 11 is 5.23. The molecule has 0 spiro atoms. The van der Waals surface area contributed by atoms with Crippen molar-refractivity contribution in [2.45, 2.75) is 23.8 Å². The molecule has 1 aliphatic rings. The van der Waals surface area contributed by atoms with E-state index in [2.05, 4.69) is 22.0 Å². The Hall–Kier alpha value is -0.190. The summed E-state index contributed by atoms with van der Waals surface area (Å²) in [5.74, 6) is 1.00. The quantitative estimate of drug-likeness (QED) is 0.684. The second kappa shape index (κ2) is 5.23. The first-order chi connectivity index (χ1) is 7.25. The highest BCUT2D eigenvalue weighted by Gasteiger charge is 2.15. The van der Waals surface area contributed by atoms with Gasteiger partial charge in [0.2, 0.25) is 0 Å². The molecule has 0 aromatic heterocycles. The lowest BCUT2D eigenvalue weighted by molar-refractivity contribution is 0.129. The molecule has 1 atom stereocenters. The van der Waals surface area contributed by atoms with Gasteiger partial charge in [0.15, 0.2) is 0 Å².